The average molecular weight is 335 g/mol. The molecular weight excluding hydrogens is 316 g/mol. The number of imidazole rings is 1. The van der Waals surface area contributed by atoms with Crippen LogP contribution in [0.2, 0.25) is 5.02 Å². The molecule has 2 heterocycles. The van der Waals surface area contributed by atoms with Gasteiger partial charge in [0.15, 0.2) is 0 Å². The fourth-order valence-corrected chi connectivity index (χ4v) is 3.41. The molecule has 0 aliphatic rings. The molecule has 0 radical (unpaired) electrons. The molecule has 0 aliphatic carbocycles. The first-order valence-corrected chi connectivity index (χ1v) is 8.56. The van der Waals surface area contributed by atoms with Crippen molar-refractivity contribution in [3.05, 3.63) is 45.1 Å². The molecule has 0 spiro atoms. The van der Waals surface area contributed by atoms with Gasteiger partial charge in [-0.3, -0.25) is 0 Å². The van der Waals surface area contributed by atoms with Gasteiger partial charge in [0.25, 0.3) is 0 Å². The third-order valence-corrected chi connectivity index (χ3v) is 4.82. The molecule has 0 amide bonds. The number of aromatic nitrogens is 3. The highest BCUT2D eigenvalue weighted by Crippen LogP contribution is 2.22. The van der Waals surface area contributed by atoms with Gasteiger partial charge in [0.1, 0.15) is 5.82 Å². The van der Waals surface area contributed by atoms with Crippen molar-refractivity contribution in [2.24, 2.45) is 7.05 Å². The molecule has 2 aromatic heterocycles. The molecule has 1 atom stereocenters. The second kappa shape index (κ2) is 6.36. The Bertz CT molecular complexity index is 793. The smallest absolute Gasteiger partial charge is 0.126 e. The van der Waals surface area contributed by atoms with Crippen LogP contribution in [-0.4, -0.2) is 21.1 Å². The second-order valence-electron chi connectivity index (χ2n) is 5.45. The highest BCUT2D eigenvalue weighted by atomic mass is 35.5. The lowest BCUT2D eigenvalue weighted by Crippen LogP contribution is -2.23. The van der Waals surface area contributed by atoms with Gasteiger partial charge < -0.3 is 9.88 Å². The molecule has 1 N–H and O–H groups in total. The highest BCUT2D eigenvalue weighted by molar-refractivity contribution is 7.09. The van der Waals surface area contributed by atoms with Crippen LogP contribution in [0.3, 0.4) is 0 Å². The SMILES string of the molecule is Cc1nc(CCNC(C)c2nc3ccc(Cl)cc3n2C)cs1. The van der Waals surface area contributed by atoms with Crippen LogP contribution in [-0.2, 0) is 13.5 Å². The number of hydrogen-bond donors (Lipinski definition) is 1. The normalized spacial score (nSPS) is 12.9. The van der Waals surface area contributed by atoms with E-state index in [-0.39, 0.29) is 6.04 Å². The van der Waals surface area contributed by atoms with E-state index in [9.17, 15) is 0 Å². The Morgan fingerprint density at radius 1 is 1.36 bits per heavy atom. The van der Waals surface area contributed by atoms with Crippen LogP contribution in [0.15, 0.2) is 23.6 Å². The van der Waals surface area contributed by atoms with Crippen molar-refractivity contribution in [2.45, 2.75) is 26.3 Å². The lowest BCUT2D eigenvalue weighted by molar-refractivity contribution is 0.534. The molecule has 0 aliphatic heterocycles. The summed E-state index contributed by atoms with van der Waals surface area (Å²) < 4.78 is 2.10. The van der Waals surface area contributed by atoms with Gasteiger partial charge in [-0.05, 0) is 32.0 Å². The van der Waals surface area contributed by atoms with Crippen LogP contribution < -0.4 is 5.32 Å². The molecule has 4 nitrogen and oxygen atoms in total. The summed E-state index contributed by atoms with van der Waals surface area (Å²) in [5.74, 6) is 1.02. The van der Waals surface area contributed by atoms with Crippen LogP contribution in [0.4, 0.5) is 0 Å². The van der Waals surface area contributed by atoms with Gasteiger partial charge in [-0.1, -0.05) is 11.6 Å². The number of fused-ring (bicyclic) bond motifs is 1. The van der Waals surface area contributed by atoms with Crippen LogP contribution in [0.25, 0.3) is 11.0 Å². The fraction of sp³-hybridized carbons (Fsp3) is 0.375. The van der Waals surface area contributed by atoms with Gasteiger partial charge in [0.2, 0.25) is 0 Å². The summed E-state index contributed by atoms with van der Waals surface area (Å²) in [6, 6.07) is 5.98. The summed E-state index contributed by atoms with van der Waals surface area (Å²) in [6.07, 6.45) is 0.935. The van der Waals surface area contributed by atoms with Crippen LogP contribution in [0.1, 0.15) is 29.5 Å². The average Bonchev–Trinajstić information content (AvgIpc) is 3.03. The lowest BCUT2D eigenvalue weighted by atomic mass is 10.2. The van der Waals surface area contributed by atoms with Crippen molar-refractivity contribution in [3.63, 3.8) is 0 Å². The summed E-state index contributed by atoms with van der Waals surface area (Å²) in [5.41, 5.74) is 3.19. The Labute approximate surface area is 139 Å². The van der Waals surface area contributed by atoms with E-state index in [2.05, 4.69) is 27.2 Å². The summed E-state index contributed by atoms with van der Waals surface area (Å²) in [5, 5.41) is 7.50. The zero-order valence-electron chi connectivity index (χ0n) is 12.9. The van der Waals surface area contributed by atoms with E-state index in [0.29, 0.717) is 0 Å². The monoisotopic (exact) mass is 334 g/mol. The van der Waals surface area contributed by atoms with E-state index in [1.165, 1.54) is 0 Å². The van der Waals surface area contributed by atoms with Crippen LogP contribution >= 0.6 is 22.9 Å². The first-order valence-electron chi connectivity index (χ1n) is 7.31. The lowest BCUT2D eigenvalue weighted by Gasteiger charge is -2.13. The predicted molar refractivity (Wildman–Crippen MR) is 92.7 cm³/mol. The van der Waals surface area contributed by atoms with E-state index in [1.807, 2.05) is 32.2 Å². The van der Waals surface area contributed by atoms with E-state index >= 15 is 0 Å². The van der Waals surface area contributed by atoms with E-state index in [4.69, 9.17) is 16.6 Å². The van der Waals surface area contributed by atoms with Crippen molar-refractivity contribution in [1.82, 2.24) is 19.9 Å². The number of aryl methyl sites for hydroxylation is 2. The Morgan fingerprint density at radius 3 is 2.91 bits per heavy atom. The predicted octanol–water partition coefficient (Wildman–Crippen LogP) is 3.88. The van der Waals surface area contributed by atoms with Crippen LogP contribution in [0.5, 0.6) is 0 Å². The van der Waals surface area contributed by atoms with E-state index in [0.717, 1.165) is 45.5 Å². The van der Waals surface area contributed by atoms with Gasteiger partial charge in [0, 0.05) is 30.4 Å². The maximum Gasteiger partial charge on any atom is 0.126 e. The Hall–Kier alpha value is -1.43. The van der Waals surface area contributed by atoms with Gasteiger partial charge in [-0.15, -0.1) is 11.3 Å². The molecule has 116 valence electrons. The molecule has 22 heavy (non-hydrogen) atoms. The Balaban J connectivity index is 1.69. The fourth-order valence-electron chi connectivity index (χ4n) is 2.60. The van der Waals surface area contributed by atoms with Crippen molar-refractivity contribution >= 4 is 34.0 Å². The molecule has 0 bridgehead atoms. The molecule has 3 rings (SSSR count). The van der Waals surface area contributed by atoms with Crippen molar-refractivity contribution in [3.8, 4) is 0 Å². The second-order valence-corrected chi connectivity index (χ2v) is 6.94. The van der Waals surface area contributed by atoms with Gasteiger partial charge in [0.05, 0.1) is 27.8 Å². The summed E-state index contributed by atoms with van der Waals surface area (Å²) in [4.78, 5) is 9.20. The van der Waals surface area contributed by atoms with E-state index in [1.54, 1.807) is 11.3 Å². The molecule has 3 aromatic rings. The number of hydrogen-bond acceptors (Lipinski definition) is 4. The third-order valence-electron chi connectivity index (χ3n) is 3.76. The maximum absolute atomic E-state index is 6.07. The number of nitrogens with zero attached hydrogens (tertiary/aromatic N) is 3. The molecular formula is C16H19ClN4S. The van der Waals surface area contributed by atoms with Crippen molar-refractivity contribution < 1.29 is 0 Å². The third kappa shape index (κ3) is 3.16. The van der Waals surface area contributed by atoms with Gasteiger partial charge in [-0.25, -0.2) is 9.97 Å². The topological polar surface area (TPSA) is 42.7 Å². The minimum atomic E-state index is 0.177. The summed E-state index contributed by atoms with van der Waals surface area (Å²) in [7, 11) is 2.03. The first-order chi connectivity index (χ1) is 10.5. The number of thiazole rings is 1. The number of halogens is 1. The van der Waals surface area contributed by atoms with Gasteiger partial charge >= 0.3 is 0 Å². The summed E-state index contributed by atoms with van der Waals surface area (Å²) >= 11 is 7.77. The minimum Gasteiger partial charge on any atom is -0.330 e. The van der Waals surface area contributed by atoms with E-state index < -0.39 is 0 Å². The minimum absolute atomic E-state index is 0.177. The zero-order chi connectivity index (χ0) is 15.7. The standard InChI is InChI=1S/C16H19ClN4S/c1-10(18-7-6-13-9-22-11(2)19-13)16-20-14-5-4-12(17)8-15(14)21(16)3/h4-5,8-10,18H,6-7H2,1-3H3. The maximum atomic E-state index is 6.07. The summed E-state index contributed by atoms with van der Waals surface area (Å²) in [6.45, 7) is 5.05. The Kier molecular flexibility index (Phi) is 4.47. The largest absolute Gasteiger partial charge is 0.330 e. The molecule has 0 saturated carbocycles. The molecule has 6 heteroatoms. The first kappa shape index (κ1) is 15.5. The molecule has 1 aromatic carbocycles. The molecule has 0 fully saturated rings. The quantitative estimate of drug-likeness (QED) is 0.769. The zero-order valence-corrected chi connectivity index (χ0v) is 14.5. The number of rotatable bonds is 5. The molecule has 0 saturated heterocycles. The van der Waals surface area contributed by atoms with Crippen molar-refractivity contribution in [1.29, 1.82) is 0 Å². The Morgan fingerprint density at radius 2 is 2.18 bits per heavy atom. The van der Waals surface area contributed by atoms with Gasteiger partial charge in [-0.2, -0.15) is 0 Å². The number of benzene rings is 1. The van der Waals surface area contributed by atoms with Crippen LogP contribution in [0, 0.1) is 6.92 Å². The molecule has 1 unspecified atom stereocenters. The van der Waals surface area contributed by atoms with Crippen molar-refractivity contribution in [2.75, 3.05) is 6.54 Å². The highest BCUT2D eigenvalue weighted by Gasteiger charge is 2.14. The number of nitrogens with one attached hydrogen (secondary N) is 1.